The van der Waals surface area contributed by atoms with Crippen molar-refractivity contribution in [1.82, 2.24) is 4.98 Å². The van der Waals surface area contributed by atoms with E-state index >= 15 is 0 Å². The van der Waals surface area contributed by atoms with E-state index in [-0.39, 0.29) is 5.69 Å². The average molecular weight is 290 g/mol. The second-order valence-corrected chi connectivity index (χ2v) is 5.03. The summed E-state index contributed by atoms with van der Waals surface area (Å²) in [5.74, 6) is 0.241. The highest BCUT2D eigenvalue weighted by Gasteiger charge is 2.07. The molecule has 2 rings (SSSR count). The molecule has 0 saturated carbocycles. The molecule has 0 bridgehead atoms. The highest BCUT2D eigenvalue weighted by Crippen LogP contribution is 2.31. The summed E-state index contributed by atoms with van der Waals surface area (Å²) in [4.78, 5) is 15.8. The van der Waals surface area contributed by atoms with Gasteiger partial charge >= 0.3 is 5.97 Å². The van der Waals surface area contributed by atoms with Crippen molar-refractivity contribution in [2.45, 2.75) is 10.6 Å². The third-order valence-corrected chi connectivity index (χ3v) is 3.73. The fourth-order valence-corrected chi connectivity index (χ4v) is 2.50. The number of benzene rings is 1. The number of aromatic nitrogens is 1. The fraction of sp³-hybridized carbons (Fsp3) is 0.143. The normalized spacial score (nSPS) is 10.2. The van der Waals surface area contributed by atoms with Crippen LogP contribution in [0.15, 0.2) is 41.3 Å². The van der Waals surface area contributed by atoms with Gasteiger partial charge in [0.25, 0.3) is 0 Å². The molecule has 104 valence electrons. The van der Waals surface area contributed by atoms with Gasteiger partial charge in [0, 0.05) is 16.3 Å². The molecule has 0 aliphatic heterocycles. The van der Waals surface area contributed by atoms with Crippen LogP contribution < -0.4 is 10.5 Å². The average Bonchev–Trinajstić information content (AvgIpc) is 2.46. The first-order valence-electron chi connectivity index (χ1n) is 5.85. The second kappa shape index (κ2) is 6.29. The van der Waals surface area contributed by atoms with Gasteiger partial charge in [-0.3, -0.25) is 0 Å². The zero-order chi connectivity index (χ0) is 14.5. The molecule has 0 saturated heterocycles. The van der Waals surface area contributed by atoms with Gasteiger partial charge in [-0.05, 0) is 30.3 Å². The van der Waals surface area contributed by atoms with E-state index in [0.717, 1.165) is 10.6 Å². The number of nitrogens with zero attached hydrogens (tertiary/aromatic N) is 1. The van der Waals surface area contributed by atoms with E-state index in [2.05, 4.69) is 4.98 Å². The lowest BCUT2D eigenvalue weighted by atomic mass is 10.3. The molecule has 5 nitrogen and oxygen atoms in total. The van der Waals surface area contributed by atoms with E-state index in [9.17, 15) is 4.79 Å². The first-order chi connectivity index (χ1) is 9.60. The lowest BCUT2D eigenvalue weighted by Crippen LogP contribution is -2.01. The van der Waals surface area contributed by atoms with E-state index in [0.29, 0.717) is 17.1 Å². The first-order valence-corrected chi connectivity index (χ1v) is 6.84. The number of carboxylic acid groups (broad SMARTS) is 1. The standard InChI is InChI=1S/C14H14N2O3S/c1-19-10-5-6-11(15)13(7-10)20-8-9-3-2-4-12(16-9)14(17)18/h2-7H,8,15H2,1H3,(H,17,18). The van der Waals surface area contributed by atoms with Gasteiger partial charge in [0.05, 0.1) is 12.8 Å². The maximum absolute atomic E-state index is 10.9. The van der Waals surface area contributed by atoms with Crippen molar-refractivity contribution in [3.8, 4) is 5.75 Å². The van der Waals surface area contributed by atoms with Crippen LogP contribution in [0.5, 0.6) is 5.75 Å². The van der Waals surface area contributed by atoms with Gasteiger partial charge in [0.2, 0.25) is 0 Å². The molecule has 0 aliphatic rings. The summed E-state index contributed by atoms with van der Waals surface area (Å²) in [6, 6.07) is 10.4. The van der Waals surface area contributed by atoms with E-state index in [1.54, 1.807) is 31.4 Å². The number of ether oxygens (including phenoxy) is 1. The van der Waals surface area contributed by atoms with Crippen LogP contribution in [0, 0.1) is 0 Å². The number of carbonyl (C=O) groups is 1. The molecule has 0 spiro atoms. The quantitative estimate of drug-likeness (QED) is 0.650. The zero-order valence-corrected chi connectivity index (χ0v) is 11.7. The molecule has 0 atom stereocenters. The monoisotopic (exact) mass is 290 g/mol. The minimum atomic E-state index is -1.03. The van der Waals surface area contributed by atoms with Crippen LogP contribution in [0.3, 0.4) is 0 Å². The predicted octanol–water partition coefficient (Wildman–Crippen LogP) is 2.66. The first kappa shape index (κ1) is 14.2. The Balaban J connectivity index is 2.12. The van der Waals surface area contributed by atoms with E-state index in [4.69, 9.17) is 15.6 Å². The van der Waals surface area contributed by atoms with E-state index in [1.165, 1.54) is 17.8 Å². The molecule has 0 radical (unpaired) electrons. The Kier molecular flexibility index (Phi) is 4.47. The van der Waals surface area contributed by atoms with Gasteiger partial charge in [0.15, 0.2) is 0 Å². The number of nitrogen functional groups attached to an aromatic ring is 1. The van der Waals surface area contributed by atoms with Crippen molar-refractivity contribution in [1.29, 1.82) is 0 Å². The third-order valence-electron chi connectivity index (χ3n) is 2.62. The molecule has 0 fully saturated rings. The summed E-state index contributed by atoms with van der Waals surface area (Å²) in [6.07, 6.45) is 0. The van der Waals surface area contributed by atoms with Crippen molar-refractivity contribution in [3.63, 3.8) is 0 Å². The zero-order valence-electron chi connectivity index (χ0n) is 10.9. The summed E-state index contributed by atoms with van der Waals surface area (Å²) in [5, 5.41) is 8.90. The minimum Gasteiger partial charge on any atom is -0.497 e. The van der Waals surface area contributed by atoms with Crippen LogP contribution in [0.2, 0.25) is 0 Å². The SMILES string of the molecule is COc1ccc(N)c(SCc2cccc(C(=O)O)n2)c1. The van der Waals surface area contributed by atoms with Crippen LogP contribution in [0.25, 0.3) is 0 Å². The van der Waals surface area contributed by atoms with Crippen molar-refractivity contribution in [2.24, 2.45) is 0 Å². The highest BCUT2D eigenvalue weighted by atomic mass is 32.2. The second-order valence-electron chi connectivity index (χ2n) is 4.01. The van der Waals surface area contributed by atoms with Gasteiger partial charge in [-0.15, -0.1) is 11.8 Å². The van der Waals surface area contributed by atoms with Gasteiger partial charge in [-0.2, -0.15) is 0 Å². The maximum Gasteiger partial charge on any atom is 0.354 e. The minimum absolute atomic E-state index is 0.0433. The van der Waals surface area contributed by atoms with Gasteiger partial charge in [-0.1, -0.05) is 6.07 Å². The predicted molar refractivity (Wildman–Crippen MR) is 78.2 cm³/mol. The maximum atomic E-state index is 10.9. The van der Waals surface area contributed by atoms with Crippen LogP contribution in [0.1, 0.15) is 16.2 Å². The Labute approximate surface area is 120 Å². The van der Waals surface area contributed by atoms with Crippen LogP contribution in [-0.2, 0) is 5.75 Å². The van der Waals surface area contributed by atoms with E-state index < -0.39 is 5.97 Å². The molecule has 6 heteroatoms. The number of thioether (sulfide) groups is 1. The molecule has 0 amide bonds. The van der Waals surface area contributed by atoms with Gasteiger partial charge in [0.1, 0.15) is 11.4 Å². The lowest BCUT2D eigenvalue weighted by molar-refractivity contribution is 0.0690. The summed E-state index contributed by atoms with van der Waals surface area (Å²) in [5.41, 5.74) is 7.29. The number of hydrogen-bond acceptors (Lipinski definition) is 5. The van der Waals surface area contributed by atoms with Crippen molar-refractivity contribution in [3.05, 3.63) is 47.8 Å². The number of rotatable bonds is 5. The number of aromatic carboxylic acids is 1. The highest BCUT2D eigenvalue weighted by molar-refractivity contribution is 7.98. The lowest BCUT2D eigenvalue weighted by Gasteiger charge is -2.08. The molecule has 0 aliphatic carbocycles. The summed E-state index contributed by atoms with van der Waals surface area (Å²) in [6.45, 7) is 0. The van der Waals surface area contributed by atoms with Crippen LogP contribution >= 0.6 is 11.8 Å². The Morgan fingerprint density at radius 3 is 2.90 bits per heavy atom. The van der Waals surface area contributed by atoms with E-state index in [1.807, 2.05) is 6.07 Å². The van der Waals surface area contributed by atoms with Crippen LogP contribution in [0.4, 0.5) is 5.69 Å². The summed E-state index contributed by atoms with van der Waals surface area (Å²) in [7, 11) is 1.60. The number of nitrogens with two attached hydrogens (primary N) is 1. The number of carboxylic acids is 1. The Bertz CT molecular complexity index is 632. The largest absolute Gasteiger partial charge is 0.497 e. The van der Waals surface area contributed by atoms with Crippen molar-refractivity contribution < 1.29 is 14.6 Å². The molecule has 3 N–H and O–H groups in total. The topological polar surface area (TPSA) is 85.4 Å². The molecular weight excluding hydrogens is 276 g/mol. The number of hydrogen-bond donors (Lipinski definition) is 2. The Hall–Kier alpha value is -2.21. The van der Waals surface area contributed by atoms with Gasteiger partial charge < -0.3 is 15.6 Å². The molecule has 0 unspecified atom stereocenters. The van der Waals surface area contributed by atoms with Crippen molar-refractivity contribution >= 4 is 23.4 Å². The molecule has 1 aromatic carbocycles. The van der Waals surface area contributed by atoms with Crippen LogP contribution in [-0.4, -0.2) is 23.2 Å². The summed E-state index contributed by atoms with van der Waals surface area (Å²) >= 11 is 1.49. The third kappa shape index (κ3) is 3.42. The smallest absolute Gasteiger partial charge is 0.354 e. The Morgan fingerprint density at radius 2 is 2.20 bits per heavy atom. The number of methoxy groups -OCH3 is 1. The summed E-state index contributed by atoms with van der Waals surface area (Å²) < 4.78 is 5.15. The molecule has 2 aromatic rings. The molecule has 1 heterocycles. The fourth-order valence-electron chi connectivity index (χ4n) is 1.60. The van der Waals surface area contributed by atoms with Gasteiger partial charge in [-0.25, -0.2) is 9.78 Å². The van der Waals surface area contributed by atoms with Crippen molar-refractivity contribution in [2.75, 3.05) is 12.8 Å². The Morgan fingerprint density at radius 1 is 1.40 bits per heavy atom. The number of anilines is 1. The molecule has 1 aromatic heterocycles. The number of pyridine rings is 1. The molecular formula is C14H14N2O3S. The molecule has 20 heavy (non-hydrogen) atoms.